The minimum atomic E-state index is -0.741. The Morgan fingerprint density at radius 2 is 1.83 bits per heavy atom. The molecular formula is C25H21ClFN5O4. The van der Waals surface area contributed by atoms with Crippen LogP contribution in [0.5, 0.6) is 11.6 Å². The lowest BCUT2D eigenvalue weighted by Gasteiger charge is -2.17. The number of carbonyl (C=O) groups is 1. The van der Waals surface area contributed by atoms with Gasteiger partial charge in [-0.1, -0.05) is 29.8 Å². The van der Waals surface area contributed by atoms with Gasteiger partial charge in [-0.3, -0.25) is 18.7 Å². The SMILES string of the molecule is CCn1c(=O)cc(Nc2ccc(Oc3cccc(C(N)=O)n3)c(F)c2)n(Cc2ccc(Cl)cc2)c1=O. The van der Waals surface area contributed by atoms with E-state index in [1.54, 1.807) is 31.2 Å². The summed E-state index contributed by atoms with van der Waals surface area (Å²) in [5.41, 5.74) is 5.25. The molecule has 0 aliphatic rings. The molecule has 0 spiro atoms. The smallest absolute Gasteiger partial charge is 0.332 e. The number of pyridine rings is 1. The summed E-state index contributed by atoms with van der Waals surface area (Å²) < 4.78 is 22.8. The average molecular weight is 510 g/mol. The second-order valence-electron chi connectivity index (χ2n) is 7.70. The van der Waals surface area contributed by atoms with E-state index in [4.69, 9.17) is 22.1 Å². The Labute approximate surface area is 209 Å². The summed E-state index contributed by atoms with van der Waals surface area (Å²) in [6.45, 7) is 2.05. The Morgan fingerprint density at radius 3 is 2.50 bits per heavy atom. The summed E-state index contributed by atoms with van der Waals surface area (Å²) in [5, 5.41) is 3.50. The average Bonchev–Trinajstić information content (AvgIpc) is 2.85. The van der Waals surface area contributed by atoms with Gasteiger partial charge in [0.1, 0.15) is 11.5 Å². The highest BCUT2D eigenvalue weighted by atomic mass is 35.5. The molecule has 2 heterocycles. The number of benzene rings is 2. The van der Waals surface area contributed by atoms with E-state index in [0.717, 1.165) is 16.2 Å². The first-order valence-electron chi connectivity index (χ1n) is 10.9. The van der Waals surface area contributed by atoms with Crippen molar-refractivity contribution >= 4 is 29.0 Å². The number of primary amides is 1. The lowest BCUT2D eigenvalue weighted by molar-refractivity contribution is 0.0995. The first kappa shape index (κ1) is 24.7. The van der Waals surface area contributed by atoms with Crippen LogP contribution in [-0.2, 0) is 13.1 Å². The van der Waals surface area contributed by atoms with Gasteiger partial charge in [0.15, 0.2) is 11.6 Å². The van der Waals surface area contributed by atoms with Crippen molar-refractivity contribution in [3.05, 3.63) is 110 Å². The van der Waals surface area contributed by atoms with E-state index < -0.39 is 23.0 Å². The monoisotopic (exact) mass is 509 g/mol. The van der Waals surface area contributed by atoms with Gasteiger partial charge in [0.25, 0.3) is 11.5 Å². The van der Waals surface area contributed by atoms with Crippen molar-refractivity contribution in [2.24, 2.45) is 5.73 Å². The van der Waals surface area contributed by atoms with Gasteiger partial charge in [0.2, 0.25) is 5.88 Å². The van der Waals surface area contributed by atoms with Crippen LogP contribution < -0.4 is 27.0 Å². The predicted molar refractivity (Wildman–Crippen MR) is 134 cm³/mol. The zero-order valence-electron chi connectivity index (χ0n) is 19.1. The van der Waals surface area contributed by atoms with Gasteiger partial charge >= 0.3 is 5.69 Å². The number of nitrogens with one attached hydrogen (secondary N) is 1. The number of nitrogens with two attached hydrogens (primary N) is 1. The molecule has 0 aliphatic heterocycles. The summed E-state index contributed by atoms with van der Waals surface area (Å²) in [7, 11) is 0. The molecule has 0 atom stereocenters. The molecule has 0 saturated carbocycles. The van der Waals surface area contributed by atoms with Crippen molar-refractivity contribution in [3.63, 3.8) is 0 Å². The summed E-state index contributed by atoms with van der Waals surface area (Å²) in [5.74, 6) is -1.44. The van der Waals surface area contributed by atoms with Crippen molar-refractivity contribution in [3.8, 4) is 11.6 Å². The Bertz CT molecular complexity index is 1550. The number of carbonyl (C=O) groups excluding carboxylic acids is 1. The maximum Gasteiger partial charge on any atom is 0.332 e. The number of hydrogen-bond acceptors (Lipinski definition) is 6. The minimum absolute atomic E-state index is 0.00844. The number of nitrogens with zero attached hydrogens (tertiary/aromatic N) is 3. The van der Waals surface area contributed by atoms with Crippen LogP contribution in [0.15, 0.2) is 76.3 Å². The van der Waals surface area contributed by atoms with Gasteiger partial charge in [-0.25, -0.2) is 14.2 Å². The van der Waals surface area contributed by atoms with E-state index >= 15 is 0 Å². The fraction of sp³-hybridized carbons (Fsp3) is 0.120. The molecule has 9 nitrogen and oxygen atoms in total. The van der Waals surface area contributed by atoms with Crippen molar-refractivity contribution < 1.29 is 13.9 Å². The van der Waals surface area contributed by atoms with Gasteiger partial charge in [-0.05, 0) is 42.8 Å². The minimum Gasteiger partial charge on any atom is -0.436 e. The van der Waals surface area contributed by atoms with Gasteiger partial charge in [0.05, 0.1) is 6.54 Å². The van der Waals surface area contributed by atoms with E-state index in [9.17, 15) is 18.8 Å². The van der Waals surface area contributed by atoms with Gasteiger partial charge in [0, 0.05) is 35.5 Å². The quantitative estimate of drug-likeness (QED) is 0.371. The summed E-state index contributed by atoms with van der Waals surface area (Å²) in [6.07, 6.45) is 0. The largest absolute Gasteiger partial charge is 0.436 e. The van der Waals surface area contributed by atoms with E-state index in [1.165, 1.54) is 41.0 Å². The Morgan fingerprint density at radius 1 is 1.08 bits per heavy atom. The van der Waals surface area contributed by atoms with Crippen LogP contribution in [-0.4, -0.2) is 20.0 Å². The number of anilines is 2. The Kier molecular flexibility index (Phi) is 7.16. The fourth-order valence-corrected chi connectivity index (χ4v) is 3.59. The number of hydrogen-bond donors (Lipinski definition) is 2. The molecular weight excluding hydrogens is 489 g/mol. The topological polar surface area (TPSA) is 121 Å². The van der Waals surface area contributed by atoms with E-state index in [-0.39, 0.29) is 41.9 Å². The number of aromatic nitrogens is 3. The van der Waals surface area contributed by atoms with Gasteiger partial charge in [-0.2, -0.15) is 0 Å². The van der Waals surface area contributed by atoms with Crippen molar-refractivity contribution in [1.82, 2.24) is 14.1 Å². The maximum atomic E-state index is 14.8. The highest BCUT2D eigenvalue weighted by molar-refractivity contribution is 6.30. The van der Waals surface area contributed by atoms with Crippen LogP contribution in [0.1, 0.15) is 23.0 Å². The second-order valence-corrected chi connectivity index (χ2v) is 8.14. The second kappa shape index (κ2) is 10.4. The molecule has 0 saturated heterocycles. The summed E-state index contributed by atoms with van der Waals surface area (Å²) in [6, 6.07) is 16.6. The number of halogens is 2. The summed E-state index contributed by atoms with van der Waals surface area (Å²) in [4.78, 5) is 40.8. The molecule has 4 aromatic rings. The maximum absolute atomic E-state index is 14.8. The third-order valence-electron chi connectivity index (χ3n) is 5.24. The molecule has 0 unspecified atom stereocenters. The standard InChI is InChI=1S/C25H21ClFN5O4/c1-2-31-23(33)13-21(32(25(31)35)14-15-6-8-16(26)9-7-15)29-17-10-11-20(18(27)12-17)36-22-5-3-4-19(30-22)24(28)34/h3-13,29H,2,14H2,1H3,(H2,28,34). The lowest BCUT2D eigenvalue weighted by Crippen LogP contribution is -2.40. The molecule has 11 heteroatoms. The highest BCUT2D eigenvalue weighted by Crippen LogP contribution is 2.27. The zero-order valence-corrected chi connectivity index (χ0v) is 19.8. The molecule has 0 radical (unpaired) electrons. The molecule has 0 bridgehead atoms. The van der Waals surface area contributed by atoms with Crippen LogP contribution in [0.4, 0.5) is 15.9 Å². The van der Waals surface area contributed by atoms with E-state index in [0.29, 0.717) is 5.02 Å². The molecule has 184 valence electrons. The van der Waals surface area contributed by atoms with E-state index in [1.807, 2.05) is 0 Å². The number of ether oxygens (including phenoxy) is 1. The number of rotatable bonds is 8. The molecule has 0 fully saturated rings. The molecule has 36 heavy (non-hydrogen) atoms. The van der Waals surface area contributed by atoms with Crippen LogP contribution in [0, 0.1) is 5.82 Å². The molecule has 4 rings (SSSR count). The normalized spacial score (nSPS) is 10.8. The zero-order chi connectivity index (χ0) is 25.8. The van der Waals surface area contributed by atoms with Crippen molar-refractivity contribution in [2.75, 3.05) is 5.32 Å². The Balaban J connectivity index is 1.64. The van der Waals surface area contributed by atoms with Crippen molar-refractivity contribution in [1.29, 1.82) is 0 Å². The first-order chi connectivity index (χ1) is 17.2. The summed E-state index contributed by atoms with van der Waals surface area (Å²) >= 11 is 5.96. The van der Waals surface area contributed by atoms with Crippen LogP contribution in [0.25, 0.3) is 0 Å². The van der Waals surface area contributed by atoms with Crippen LogP contribution in [0.3, 0.4) is 0 Å². The molecule has 1 amide bonds. The number of amides is 1. The molecule has 2 aromatic carbocycles. The van der Waals surface area contributed by atoms with Crippen molar-refractivity contribution in [2.45, 2.75) is 20.0 Å². The van der Waals surface area contributed by atoms with Gasteiger partial charge < -0.3 is 15.8 Å². The van der Waals surface area contributed by atoms with Crippen LogP contribution >= 0.6 is 11.6 Å². The molecule has 2 aromatic heterocycles. The lowest BCUT2D eigenvalue weighted by atomic mass is 10.2. The first-order valence-corrected chi connectivity index (χ1v) is 11.2. The predicted octanol–water partition coefficient (Wildman–Crippen LogP) is 3.90. The highest BCUT2D eigenvalue weighted by Gasteiger charge is 2.14. The molecule has 0 aliphatic carbocycles. The van der Waals surface area contributed by atoms with Crippen LogP contribution in [0.2, 0.25) is 5.02 Å². The Hall–Kier alpha value is -4.44. The van der Waals surface area contributed by atoms with Gasteiger partial charge in [-0.15, -0.1) is 0 Å². The molecule has 3 N–H and O–H groups in total. The third-order valence-corrected chi connectivity index (χ3v) is 5.50. The third kappa shape index (κ3) is 5.44. The van der Waals surface area contributed by atoms with E-state index in [2.05, 4.69) is 10.3 Å². The fourth-order valence-electron chi connectivity index (χ4n) is 3.47.